The van der Waals surface area contributed by atoms with Gasteiger partial charge in [0.15, 0.2) is 4.34 Å². The van der Waals surface area contributed by atoms with Crippen LogP contribution in [0.4, 0.5) is 5.13 Å². The SMILES string of the molecule is CN(C)c1nnc(Sc2ccccc2C#N)s1. The summed E-state index contributed by atoms with van der Waals surface area (Å²) >= 11 is 2.99. The second-order valence-electron chi connectivity index (χ2n) is 3.45. The van der Waals surface area contributed by atoms with E-state index in [1.165, 1.54) is 23.1 Å². The molecule has 0 amide bonds. The van der Waals surface area contributed by atoms with E-state index < -0.39 is 0 Å². The van der Waals surface area contributed by atoms with Crippen LogP contribution in [0.2, 0.25) is 0 Å². The van der Waals surface area contributed by atoms with Crippen LogP contribution < -0.4 is 4.90 Å². The van der Waals surface area contributed by atoms with Crippen molar-refractivity contribution in [3.8, 4) is 6.07 Å². The third kappa shape index (κ3) is 2.75. The lowest BCUT2D eigenvalue weighted by Crippen LogP contribution is -2.07. The molecule has 1 heterocycles. The van der Waals surface area contributed by atoms with E-state index in [0.717, 1.165) is 14.4 Å². The van der Waals surface area contributed by atoms with Gasteiger partial charge in [0, 0.05) is 19.0 Å². The van der Waals surface area contributed by atoms with Gasteiger partial charge in [-0.1, -0.05) is 35.2 Å². The van der Waals surface area contributed by atoms with E-state index in [1.807, 2.05) is 37.2 Å². The monoisotopic (exact) mass is 262 g/mol. The number of benzene rings is 1. The minimum atomic E-state index is 0.666. The molecule has 86 valence electrons. The fourth-order valence-electron chi connectivity index (χ4n) is 1.17. The molecule has 0 bridgehead atoms. The number of anilines is 1. The van der Waals surface area contributed by atoms with Crippen molar-refractivity contribution >= 4 is 28.2 Å². The molecule has 2 aromatic rings. The van der Waals surface area contributed by atoms with E-state index in [4.69, 9.17) is 5.26 Å². The molecule has 1 aromatic carbocycles. The van der Waals surface area contributed by atoms with Crippen LogP contribution in [0.25, 0.3) is 0 Å². The molecule has 0 aliphatic heterocycles. The Kier molecular flexibility index (Phi) is 3.61. The van der Waals surface area contributed by atoms with Gasteiger partial charge >= 0.3 is 0 Å². The van der Waals surface area contributed by atoms with E-state index in [0.29, 0.717) is 5.56 Å². The van der Waals surface area contributed by atoms with Crippen LogP contribution >= 0.6 is 23.1 Å². The van der Waals surface area contributed by atoms with Gasteiger partial charge in [-0.05, 0) is 12.1 Å². The topological polar surface area (TPSA) is 52.8 Å². The first-order valence-corrected chi connectivity index (χ1v) is 6.52. The molecule has 17 heavy (non-hydrogen) atoms. The molecular weight excluding hydrogens is 252 g/mol. The number of aromatic nitrogens is 2. The summed E-state index contributed by atoms with van der Waals surface area (Å²) in [6.45, 7) is 0. The number of hydrogen-bond donors (Lipinski definition) is 0. The van der Waals surface area contributed by atoms with E-state index in [2.05, 4.69) is 16.3 Å². The van der Waals surface area contributed by atoms with Crippen LogP contribution in [0.5, 0.6) is 0 Å². The summed E-state index contributed by atoms with van der Waals surface area (Å²) in [5.41, 5.74) is 0.666. The first kappa shape index (κ1) is 11.9. The molecule has 0 saturated carbocycles. The van der Waals surface area contributed by atoms with Crippen LogP contribution in [0, 0.1) is 11.3 Å². The molecule has 0 aliphatic rings. The van der Waals surface area contributed by atoms with Crippen LogP contribution in [0.3, 0.4) is 0 Å². The lowest BCUT2D eigenvalue weighted by Gasteiger charge is -2.03. The lowest BCUT2D eigenvalue weighted by molar-refractivity contribution is 0.972. The van der Waals surface area contributed by atoms with Crippen molar-refractivity contribution in [1.82, 2.24) is 10.2 Å². The Labute approximate surface area is 108 Å². The molecular formula is C11H10N4S2. The third-order valence-electron chi connectivity index (χ3n) is 1.98. The van der Waals surface area contributed by atoms with Crippen molar-refractivity contribution in [2.45, 2.75) is 9.24 Å². The molecule has 2 rings (SSSR count). The van der Waals surface area contributed by atoms with Crippen molar-refractivity contribution in [2.75, 3.05) is 19.0 Å². The molecule has 0 radical (unpaired) electrons. The zero-order chi connectivity index (χ0) is 12.3. The first-order chi connectivity index (χ1) is 8.20. The second-order valence-corrected chi connectivity index (χ2v) is 5.70. The van der Waals surface area contributed by atoms with Gasteiger partial charge in [-0.3, -0.25) is 0 Å². The smallest absolute Gasteiger partial charge is 0.208 e. The number of hydrogen-bond acceptors (Lipinski definition) is 6. The van der Waals surface area contributed by atoms with Gasteiger partial charge in [0.05, 0.1) is 5.56 Å². The quantitative estimate of drug-likeness (QED) is 0.851. The number of nitriles is 1. The zero-order valence-corrected chi connectivity index (χ0v) is 11.0. The summed E-state index contributed by atoms with van der Waals surface area (Å²) < 4.78 is 0.844. The van der Waals surface area contributed by atoms with Crippen molar-refractivity contribution in [2.24, 2.45) is 0 Å². The Hall–Kier alpha value is -1.58. The van der Waals surface area contributed by atoms with Crippen molar-refractivity contribution < 1.29 is 0 Å². The Morgan fingerprint density at radius 1 is 1.29 bits per heavy atom. The summed E-state index contributed by atoms with van der Waals surface area (Å²) in [5.74, 6) is 0. The fraction of sp³-hybridized carbons (Fsp3) is 0.182. The van der Waals surface area contributed by atoms with Gasteiger partial charge in [-0.2, -0.15) is 5.26 Å². The largest absolute Gasteiger partial charge is 0.353 e. The van der Waals surface area contributed by atoms with Crippen LogP contribution in [-0.2, 0) is 0 Å². The van der Waals surface area contributed by atoms with Gasteiger partial charge in [0.1, 0.15) is 6.07 Å². The van der Waals surface area contributed by atoms with Crippen molar-refractivity contribution in [1.29, 1.82) is 5.26 Å². The first-order valence-electron chi connectivity index (χ1n) is 4.88. The molecule has 0 atom stereocenters. The average Bonchev–Trinajstić information content (AvgIpc) is 2.78. The minimum absolute atomic E-state index is 0.666. The van der Waals surface area contributed by atoms with Gasteiger partial charge in [-0.25, -0.2) is 0 Å². The molecule has 0 aliphatic carbocycles. The summed E-state index contributed by atoms with van der Waals surface area (Å²) in [4.78, 5) is 2.83. The maximum atomic E-state index is 8.99. The fourth-order valence-corrected chi connectivity index (χ4v) is 2.97. The summed E-state index contributed by atoms with van der Waals surface area (Å²) in [6, 6.07) is 9.66. The van der Waals surface area contributed by atoms with Crippen molar-refractivity contribution in [3.63, 3.8) is 0 Å². The maximum absolute atomic E-state index is 8.99. The molecule has 0 spiro atoms. The minimum Gasteiger partial charge on any atom is -0.353 e. The third-order valence-corrected chi connectivity index (χ3v) is 4.20. The summed E-state index contributed by atoms with van der Waals surface area (Å²) in [7, 11) is 3.86. The maximum Gasteiger partial charge on any atom is 0.208 e. The normalized spacial score (nSPS) is 9.94. The number of rotatable bonds is 3. The Bertz CT molecular complexity index is 557. The highest BCUT2D eigenvalue weighted by Gasteiger charge is 2.09. The second kappa shape index (κ2) is 5.17. The highest BCUT2D eigenvalue weighted by atomic mass is 32.2. The zero-order valence-electron chi connectivity index (χ0n) is 9.41. The number of nitrogens with zero attached hydrogens (tertiary/aromatic N) is 4. The molecule has 4 nitrogen and oxygen atoms in total. The molecule has 0 fully saturated rings. The Morgan fingerprint density at radius 2 is 2.06 bits per heavy atom. The van der Waals surface area contributed by atoms with Crippen LogP contribution in [0.15, 0.2) is 33.5 Å². The molecule has 0 N–H and O–H groups in total. The lowest BCUT2D eigenvalue weighted by atomic mass is 10.2. The van der Waals surface area contributed by atoms with E-state index in [9.17, 15) is 0 Å². The van der Waals surface area contributed by atoms with Crippen LogP contribution in [-0.4, -0.2) is 24.3 Å². The van der Waals surface area contributed by atoms with Gasteiger partial charge in [0.2, 0.25) is 5.13 Å². The molecule has 1 aromatic heterocycles. The molecule has 0 unspecified atom stereocenters. The van der Waals surface area contributed by atoms with Crippen molar-refractivity contribution in [3.05, 3.63) is 29.8 Å². The molecule has 6 heteroatoms. The van der Waals surface area contributed by atoms with Gasteiger partial charge in [0.25, 0.3) is 0 Å². The van der Waals surface area contributed by atoms with Crippen LogP contribution in [0.1, 0.15) is 5.56 Å². The highest BCUT2D eigenvalue weighted by Crippen LogP contribution is 2.34. The van der Waals surface area contributed by atoms with Gasteiger partial charge < -0.3 is 4.90 Å². The predicted molar refractivity (Wildman–Crippen MR) is 69.5 cm³/mol. The van der Waals surface area contributed by atoms with E-state index in [-0.39, 0.29) is 0 Å². The Morgan fingerprint density at radius 3 is 2.71 bits per heavy atom. The van der Waals surface area contributed by atoms with E-state index >= 15 is 0 Å². The summed E-state index contributed by atoms with van der Waals surface area (Å²) in [6.07, 6.45) is 0. The predicted octanol–water partition coefficient (Wildman–Crippen LogP) is 2.63. The standard InChI is InChI=1S/C11H10N4S2/c1-15(2)10-13-14-11(17-10)16-9-6-4-3-5-8(9)7-12/h3-6H,1-2H3. The van der Waals surface area contributed by atoms with E-state index in [1.54, 1.807) is 6.07 Å². The molecule has 0 saturated heterocycles. The van der Waals surface area contributed by atoms with Gasteiger partial charge in [-0.15, -0.1) is 10.2 Å². The Balaban J connectivity index is 2.23. The summed E-state index contributed by atoms with van der Waals surface area (Å²) in [5, 5.41) is 18.0. The highest BCUT2D eigenvalue weighted by molar-refractivity contribution is 8.01. The average molecular weight is 262 g/mol.